The van der Waals surface area contributed by atoms with E-state index in [0.29, 0.717) is 19.6 Å². The van der Waals surface area contributed by atoms with E-state index in [-0.39, 0.29) is 35.9 Å². The highest BCUT2D eigenvalue weighted by molar-refractivity contribution is 5.90. The molecule has 0 saturated carbocycles. The lowest BCUT2D eigenvalue weighted by molar-refractivity contribution is -0.138. The monoisotopic (exact) mass is 268 g/mol. The van der Waals surface area contributed by atoms with Gasteiger partial charge in [0.1, 0.15) is 6.04 Å². The fourth-order valence-corrected chi connectivity index (χ4v) is 2.94. The van der Waals surface area contributed by atoms with Gasteiger partial charge in [-0.3, -0.25) is 9.59 Å². The van der Waals surface area contributed by atoms with Gasteiger partial charge in [-0.25, -0.2) is 0 Å². The van der Waals surface area contributed by atoms with Gasteiger partial charge < -0.3 is 15.0 Å². The fraction of sp³-hybridized carbons (Fsp3) is 0.857. The second-order valence-electron chi connectivity index (χ2n) is 5.75. The quantitative estimate of drug-likeness (QED) is 0.828. The Morgan fingerprint density at radius 3 is 2.79 bits per heavy atom. The highest BCUT2D eigenvalue weighted by Crippen LogP contribution is 2.23. The maximum atomic E-state index is 12.7. The van der Waals surface area contributed by atoms with Gasteiger partial charge in [0.05, 0.1) is 12.6 Å². The van der Waals surface area contributed by atoms with Crippen LogP contribution in [0.4, 0.5) is 0 Å². The summed E-state index contributed by atoms with van der Waals surface area (Å²) < 4.78 is 5.40. The molecule has 2 fully saturated rings. The molecule has 0 aromatic heterocycles. The van der Waals surface area contributed by atoms with Gasteiger partial charge >= 0.3 is 0 Å². The number of hydrogen-bond acceptors (Lipinski definition) is 3. The molecule has 0 spiro atoms. The van der Waals surface area contributed by atoms with Crippen LogP contribution in [0, 0.1) is 5.92 Å². The Morgan fingerprint density at radius 2 is 2.21 bits per heavy atom. The number of nitrogens with zero attached hydrogens (tertiary/aromatic N) is 1. The molecule has 0 bridgehead atoms. The largest absolute Gasteiger partial charge is 0.379 e. The number of rotatable bonds is 3. The Hall–Kier alpha value is -1.10. The maximum Gasteiger partial charge on any atom is 0.246 e. The van der Waals surface area contributed by atoms with Gasteiger partial charge in [-0.05, 0) is 19.3 Å². The number of nitrogens with one attached hydrogen (secondary N) is 1. The molecular formula is C14H24N2O3. The van der Waals surface area contributed by atoms with Crippen molar-refractivity contribution in [1.82, 2.24) is 10.2 Å². The highest BCUT2D eigenvalue weighted by atomic mass is 16.5. The molecule has 1 N–H and O–H groups in total. The molecular weight excluding hydrogens is 244 g/mol. The Bertz CT molecular complexity index is 353. The van der Waals surface area contributed by atoms with Crippen molar-refractivity contribution in [1.29, 1.82) is 0 Å². The third-order valence-corrected chi connectivity index (χ3v) is 4.30. The minimum absolute atomic E-state index is 0.0208. The molecule has 2 amide bonds. The normalized spacial score (nSPS) is 34.1. The van der Waals surface area contributed by atoms with Crippen LogP contribution in [-0.4, -0.2) is 48.1 Å². The molecule has 4 atom stereocenters. The summed E-state index contributed by atoms with van der Waals surface area (Å²) in [5, 5.41) is 2.89. The molecule has 0 aromatic carbocycles. The second-order valence-corrected chi connectivity index (χ2v) is 5.75. The van der Waals surface area contributed by atoms with Crippen molar-refractivity contribution in [3.05, 3.63) is 0 Å². The van der Waals surface area contributed by atoms with Crippen molar-refractivity contribution in [3.63, 3.8) is 0 Å². The summed E-state index contributed by atoms with van der Waals surface area (Å²) in [6, 6.07) is -0.307. The van der Waals surface area contributed by atoms with E-state index in [1.165, 1.54) is 0 Å². The minimum atomic E-state index is -0.386. The lowest BCUT2D eigenvalue weighted by Gasteiger charge is -2.34. The van der Waals surface area contributed by atoms with Crippen molar-refractivity contribution in [2.24, 2.45) is 5.92 Å². The van der Waals surface area contributed by atoms with Crippen LogP contribution in [-0.2, 0) is 14.3 Å². The molecule has 5 heteroatoms. The molecule has 0 aromatic rings. The summed E-state index contributed by atoms with van der Waals surface area (Å²) in [6.45, 7) is 7.31. The average molecular weight is 268 g/mol. The van der Waals surface area contributed by atoms with Crippen LogP contribution in [0.1, 0.15) is 40.0 Å². The van der Waals surface area contributed by atoms with E-state index in [4.69, 9.17) is 4.74 Å². The van der Waals surface area contributed by atoms with Crippen LogP contribution in [0.3, 0.4) is 0 Å². The lowest BCUT2D eigenvalue weighted by Crippen LogP contribution is -2.53. The molecule has 2 aliphatic rings. The zero-order valence-electron chi connectivity index (χ0n) is 12.0. The third-order valence-electron chi connectivity index (χ3n) is 4.30. The standard InChI is InChI=1S/C14H24N2O3/c1-4-9(2)13-14(18)16(11-5-6-19-8-11)10(3)7-12(17)15-13/h9-11,13H,4-8H2,1-3H3,(H,15,17). The predicted octanol–water partition coefficient (Wildman–Crippen LogP) is 0.927. The molecule has 0 aliphatic carbocycles. The third kappa shape index (κ3) is 2.91. The van der Waals surface area contributed by atoms with Gasteiger partial charge in [0, 0.05) is 19.1 Å². The SMILES string of the molecule is CCC(C)C1NC(=O)CC(C)N(C2CCOC2)C1=O. The molecule has 2 rings (SSSR count). The van der Waals surface area contributed by atoms with Crippen LogP contribution in [0.5, 0.6) is 0 Å². The number of hydrogen-bond donors (Lipinski definition) is 1. The second kappa shape index (κ2) is 5.90. The summed E-state index contributed by atoms with van der Waals surface area (Å²) in [5.74, 6) is 0.197. The zero-order chi connectivity index (χ0) is 14.0. The van der Waals surface area contributed by atoms with E-state index in [1.54, 1.807) is 0 Å². The van der Waals surface area contributed by atoms with Gasteiger partial charge in [-0.1, -0.05) is 20.3 Å². The van der Waals surface area contributed by atoms with Crippen LogP contribution in [0.2, 0.25) is 0 Å². The molecule has 4 unspecified atom stereocenters. The van der Waals surface area contributed by atoms with E-state index in [1.807, 2.05) is 25.7 Å². The van der Waals surface area contributed by atoms with Crippen molar-refractivity contribution in [3.8, 4) is 0 Å². The van der Waals surface area contributed by atoms with Gasteiger partial charge in [-0.15, -0.1) is 0 Å². The van der Waals surface area contributed by atoms with Gasteiger partial charge in [0.25, 0.3) is 0 Å². The number of carbonyl (C=O) groups is 2. The summed E-state index contributed by atoms with van der Waals surface area (Å²) in [4.78, 5) is 26.5. The van der Waals surface area contributed by atoms with E-state index >= 15 is 0 Å². The van der Waals surface area contributed by atoms with E-state index in [0.717, 1.165) is 12.8 Å². The average Bonchev–Trinajstić information content (AvgIpc) is 2.85. The van der Waals surface area contributed by atoms with Crippen LogP contribution in [0.15, 0.2) is 0 Å². The molecule has 2 aliphatic heterocycles. The number of carbonyl (C=O) groups excluding carboxylic acids is 2. The van der Waals surface area contributed by atoms with E-state index < -0.39 is 0 Å². The van der Waals surface area contributed by atoms with Crippen LogP contribution < -0.4 is 5.32 Å². The Kier molecular flexibility index (Phi) is 4.45. The zero-order valence-corrected chi connectivity index (χ0v) is 12.0. The summed E-state index contributed by atoms with van der Waals surface area (Å²) in [6.07, 6.45) is 2.13. The molecule has 2 saturated heterocycles. The number of amides is 2. The topological polar surface area (TPSA) is 58.6 Å². The van der Waals surface area contributed by atoms with Gasteiger partial charge in [-0.2, -0.15) is 0 Å². The summed E-state index contributed by atoms with van der Waals surface area (Å²) in [7, 11) is 0. The molecule has 0 radical (unpaired) electrons. The van der Waals surface area contributed by atoms with E-state index in [9.17, 15) is 9.59 Å². The van der Waals surface area contributed by atoms with E-state index in [2.05, 4.69) is 5.32 Å². The Labute approximate surface area is 114 Å². The predicted molar refractivity (Wildman–Crippen MR) is 71.5 cm³/mol. The van der Waals surface area contributed by atoms with Crippen LogP contribution in [0.25, 0.3) is 0 Å². The van der Waals surface area contributed by atoms with Crippen molar-refractivity contribution in [2.45, 2.75) is 58.2 Å². The van der Waals surface area contributed by atoms with Gasteiger partial charge in [0.15, 0.2) is 0 Å². The minimum Gasteiger partial charge on any atom is -0.379 e. The first-order chi connectivity index (χ1) is 9.04. The maximum absolute atomic E-state index is 12.7. The van der Waals surface area contributed by atoms with Crippen molar-refractivity contribution < 1.29 is 14.3 Å². The van der Waals surface area contributed by atoms with Crippen molar-refractivity contribution in [2.75, 3.05) is 13.2 Å². The first kappa shape index (κ1) is 14.3. The smallest absolute Gasteiger partial charge is 0.246 e. The van der Waals surface area contributed by atoms with Crippen molar-refractivity contribution >= 4 is 11.8 Å². The molecule has 19 heavy (non-hydrogen) atoms. The molecule has 5 nitrogen and oxygen atoms in total. The number of ether oxygens (including phenoxy) is 1. The first-order valence-electron chi connectivity index (χ1n) is 7.23. The Balaban J connectivity index is 2.23. The molecule has 108 valence electrons. The van der Waals surface area contributed by atoms with Gasteiger partial charge in [0.2, 0.25) is 11.8 Å². The Morgan fingerprint density at radius 1 is 1.47 bits per heavy atom. The first-order valence-corrected chi connectivity index (χ1v) is 7.23. The molecule has 2 heterocycles. The summed E-state index contributed by atoms with van der Waals surface area (Å²) in [5.41, 5.74) is 0. The lowest BCUT2D eigenvalue weighted by atomic mass is 9.97. The summed E-state index contributed by atoms with van der Waals surface area (Å²) >= 11 is 0. The van der Waals surface area contributed by atoms with Crippen LogP contribution >= 0.6 is 0 Å². The fourth-order valence-electron chi connectivity index (χ4n) is 2.94. The highest BCUT2D eigenvalue weighted by Gasteiger charge is 2.40.